The molecule has 7 unspecified atom stereocenters. The number of amides is 1. The lowest BCUT2D eigenvalue weighted by Gasteiger charge is -2.45. The molecule has 5 aliphatic rings. The molecule has 1 amide bonds. The number of rotatable bonds is 6. The zero-order chi connectivity index (χ0) is 33.0. The Morgan fingerprint density at radius 1 is 1.22 bits per heavy atom. The van der Waals surface area contributed by atoms with Crippen LogP contribution in [0.15, 0.2) is 4.79 Å². The van der Waals surface area contributed by atoms with Gasteiger partial charge in [-0.2, -0.15) is 11.8 Å². The number of sulfonamides is 1. The number of nitrogens with zero attached hydrogens (tertiary/aromatic N) is 3. The van der Waals surface area contributed by atoms with Crippen molar-refractivity contribution in [3.63, 3.8) is 0 Å². The number of likely N-dealkylation sites (N-methyl/N-ethyl adjacent to an activating group) is 1. The highest BCUT2D eigenvalue weighted by molar-refractivity contribution is 8.00. The van der Waals surface area contributed by atoms with E-state index in [0.717, 1.165) is 50.6 Å². The highest BCUT2D eigenvalue weighted by Gasteiger charge is 2.51. The van der Waals surface area contributed by atoms with Gasteiger partial charge in [-0.05, 0) is 77.3 Å². The third kappa shape index (κ3) is 7.16. The molecule has 3 aliphatic carbocycles. The molecule has 46 heavy (non-hydrogen) atoms. The van der Waals surface area contributed by atoms with E-state index in [2.05, 4.69) is 21.9 Å². The van der Waals surface area contributed by atoms with Crippen molar-refractivity contribution in [3.05, 3.63) is 27.4 Å². The number of hydrogen-bond acceptors (Lipinski definition) is 8. The number of piperidine rings is 1. The van der Waals surface area contributed by atoms with Gasteiger partial charge in [0.15, 0.2) is 0 Å². The Labute approximate surface area is 279 Å². The number of alkyl halides is 3. The molecule has 4 fully saturated rings. The second-order valence-corrected chi connectivity index (χ2v) is 17.6. The second-order valence-electron chi connectivity index (χ2n) is 14.0. The monoisotopic (exact) mass is 699 g/mol. The van der Waals surface area contributed by atoms with E-state index in [1.807, 2.05) is 18.9 Å². The summed E-state index contributed by atoms with van der Waals surface area (Å²) in [6, 6.07) is -0.227. The normalized spacial score (nSPS) is 34.2. The van der Waals surface area contributed by atoms with E-state index in [1.165, 1.54) is 0 Å². The molecule has 6 rings (SSSR count). The molecule has 0 bridgehead atoms. The average molecular weight is 700 g/mol. The van der Waals surface area contributed by atoms with Gasteiger partial charge in [-0.15, -0.1) is 11.6 Å². The van der Waals surface area contributed by atoms with Gasteiger partial charge in [0, 0.05) is 58.8 Å². The number of hydrogen-bond donors (Lipinski definition) is 2. The first-order valence-corrected chi connectivity index (χ1v) is 19.8. The lowest BCUT2D eigenvalue weighted by atomic mass is 9.67. The molecule has 1 aromatic heterocycles. The predicted octanol–water partition coefficient (Wildman–Crippen LogP) is 2.95. The van der Waals surface area contributed by atoms with Crippen molar-refractivity contribution in [1.29, 1.82) is 0 Å². The zero-order valence-electron chi connectivity index (χ0n) is 26.6. The molecule has 0 aromatic carbocycles. The summed E-state index contributed by atoms with van der Waals surface area (Å²) in [5, 5.41) is 3.71. The third-order valence-electron chi connectivity index (χ3n) is 11.0. The summed E-state index contributed by atoms with van der Waals surface area (Å²) in [6.07, 6.45) is 6.21. The molecular weight excluding hydrogens is 656 g/mol. The zero-order valence-corrected chi connectivity index (χ0v) is 29.0. The minimum absolute atomic E-state index is 0.0381. The van der Waals surface area contributed by atoms with Gasteiger partial charge in [-0.1, -0.05) is 11.8 Å². The maximum Gasteiger partial charge on any atom is 0.257 e. The van der Waals surface area contributed by atoms with Crippen molar-refractivity contribution in [1.82, 2.24) is 24.5 Å². The molecule has 14 heteroatoms. The van der Waals surface area contributed by atoms with Crippen molar-refractivity contribution in [2.24, 2.45) is 23.7 Å². The van der Waals surface area contributed by atoms with Crippen LogP contribution in [0.5, 0.6) is 0 Å². The topological polar surface area (TPSA) is 113 Å². The first-order valence-electron chi connectivity index (χ1n) is 16.4. The summed E-state index contributed by atoms with van der Waals surface area (Å²) in [5.41, 5.74) is 1.40. The average Bonchev–Trinajstić information content (AvgIpc) is 3.41. The summed E-state index contributed by atoms with van der Waals surface area (Å²) < 4.78 is 54.3. The van der Waals surface area contributed by atoms with Gasteiger partial charge < -0.3 is 5.32 Å². The number of aromatic nitrogens is 2. The highest BCUT2D eigenvalue weighted by Crippen LogP contribution is 2.48. The van der Waals surface area contributed by atoms with Crippen molar-refractivity contribution in [3.8, 4) is 11.8 Å². The fraction of sp³-hybridized carbons (Fsp3) is 0.781. The van der Waals surface area contributed by atoms with Crippen LogP contribution in [0.3, 0.4) is 0 Å². The van der Waals surface area contributed by atoms with Crippen LogP contribution in [0.4, 0.5) is 8.78 Å². The number of nitrogens with one attached hydrogen (secondary N) is 2. The van der Waals surface area contributed by atoms with Crippen LogP contribution in [0.25, 0.3) is 0 Å². The maximum atomic E-state index is 13.7. The predicted molar refractivity (Wildman–Crippen MR) is 176 cm³/mol. The van der Waals surface area contributed by atoms with Crippen LogP contribution in [0.1, 0.15) is 62.0 Å². The van der Waals surface area contributed by atoms with Gasteiger partial charge in [0.05, 0.1) is 24.4 Å². The molecule has 3 heterocycles. The Kier molecular flexibility index (Phi) is 9.87. The summed E-state index contributed by atoms with van der Waals surface area (Å²) in [5.74, 6) is 5.19. The van der Waals surface area contributed by atoms with Gasteiger partial charge in [0.1, 0.15) is 5.82 Å². The molecule has 2 N–H and O–H groups in total. The van der Waals surface area contributed by atoms with E-state index in [4.69, 9.17) is 16.6 Å². The number of halogens is 3. The first-order chi connectivity index (χ1) is 21.7. The third-order valence-corrected chi connectivity index (χ3v) is 13.5. The summed E-state index contributed by atoms with van der Waals surface area (Å²) in [4.78, 5) is 33.3. The lowest BCUT2D eigenvalue weighted by Crippen LogP contribution is -2.55. The SMILES string of the molecule is Cc1nc2c(c(=O)n1CC#CC1CCC(Cl)CC1C1CCNC3C(C(=O)NS(C)(=O)=O)CSC13)C[C@H](N(C)C1CC(F)(F)C1)CC2. The Hall–Kier alpha value is -1.72. The van der Waals surface area contributed by atoms with Gasteiger partial charge in [-0.25, -0.2) is 22.2 Å². The lowest BCUT2D eigenvalue weighted by molar-refractivity contribution is -0.127. The molecule has 0 radical (unpaired) electrons. The fourth-order valence-corrected chi connectivity index (χ4v) is 11.2. The number of aryl methyl sites for hydroxylation is 2. The van der Waals surface area contributed by atoms with Gasteiger partial charge >= 0.3 is 0 Å². The summed E-state index contributed by atoms with van der Waals surface area (Å²) in [7, 11) is -1.74. The molecule has 9 nitrogen and oxygen atoms in total. The van der Waals surface area contributed by atoms with Crippen molar-refractivity contribution in [2.45, 2.75) is 106 Å². The number of carbonyl (C=O) groups excluding carboxylic acids is 1. The van der Waals surface area contributed by atoms with Crippen LogP contribution in [-0.4, -0.2) is 89.1 Å². The Morgan fingerprint density at radius 3 is 2.70 bits per heavy atom. The number of carbonyl (C=O) groups is 1. The van der Waals surface area contributed by atoms with Crippen molar-refractivity contribution < 1.29 is 22.0 Å². The van der Waals surface area contributed by atoms with Crippen molar-refractivity contribution >= 4 is 39.3 Å². The molecule has 8 atom stereocenters. The quantitative estimate of drug-likeness (QED) is 0.345. The molecule has 2 saturated heterocycles. The Morgan fingerprint density at radius 2 is 1.98 bits per heavy atom. The standard InChI is InChI=1S/C32H44ClF2N5O4S2/c1-18-37-27-9-8-21(39(2)22-15-32(34,35)16-22)14-25(27)31(42)40(18)12-4-5-19-6-7-20(33)13-24(19)23-10-11-36-28-26(17-45-29(23)28)30(41)38-46(3,43)44/h19-24,26,28-29,36H,6-17H2,1-3H3,(H,38,41)/t19?,20?,21-,23?,24?,26?,28?,29?/m1/s1. The molecule has 0 spiro atoms. The van der Waals surface area contributed by atoms with Crippen LogP contribution >= 0.6 is 23.4 Å². The van der Waals surface area contributed by atoms with E-state index < -0.39 is 27.8 Å². The summed E-state index contributed by atoms with van der Waals surface area (Å²) >= 11 is 8.45. The van der Waals surface area contributed by atoms with E-state index >= 15 is 0 Å². The van der Waals surface area contributed by atoms with Crippen LogP contribution < -0.4 is 15.6 Å². The minimum Gasteiger partial charge on any atom is -0.312 e. The molecule has 1 aromatic rings. The van der Waals surface area contributed by atoms with Gasteiger partial charge in [-0.3, -0.25) is 23.8 Å². The molecule has 254 valence electrons. The van der Waals surface area contributed by atoms with Crippen LogP contribution in [0, 0.1) is 42.4 Å². The Bertz CT molecular complexity index is 1570. The Balaban J connectivity index is 1.16. The fourth-order valence-electron chi connectivity index (χ4n) is 8.45. The van der Waals surface area contributed by atoms with E-state index in [0.29, 0.717) is 30.0 Å². The largest absolute Gasteiger partial charge is 0.312 e. The maximum absolute atomic E-state index is 13.7. The molecule has 2 saturated carbocycles. The summed E-state index contributed by atoms with van der Waals surface area (Å²) in [6.45, 7) is 2.81. The van der Waals surface area contributed by atoms with Crippen LogP contribution in [0.2, 0.25) is 0 Å². The first kappa shape index (κ1) is 34.2. The van der Waals surface area contributed by atoms with Crippen LogP contribution in [-0.2, 0) is 34.2 Å². The van der Waals surface area contributed by atoms with Gasteiger partial charge in [0.2, 0.25) is 15.9 Å². The molecule has 2 aliphatic heterocycles. The number of thioether (sulfide) groups is 1. The molecular formula is C32H44ClF2N5O4S2. The highest BCUT2D eigenvalue weighted by atomic mass is 35.5. The van der Waals surface area contributed by atoms with Crippen molar-refractivity contribution in [2.75, 3.05) is 25.6 Å². The number of fused-ring (bicyclic) bond motifs is 2. The second kappa shape index (κ2) is 13.3. The smallest absolute Gasteiger partial charge is 0.257 e. The van der Waals surface area contributed by atoms with E-state index in [9.17, 15) is 26.8 Å². The van der Waals surface area contributed by atoms with E-state index in [-0.39, 0.29) is 71.5 Å². The van der Waals surface area contributed by atoms with Gasteiger partial charge in [0.25, 0.3) is 11.5 Å². The van der Waals surface area contributed by atoms with E-state index in [1.54, 1.807) is 16.3 Å². The minimum atomic E-state index is -3.63.